The minimum absolute atomic E-state index is 0.289. The Morgan fingerprint density at radius 3 is 2.38 bits per heavy atom. The SMILES string of the molecule is C=C(C)NC1(C)CCN(CC)CC1. The molecule has 2 heteroatoms. The molecule has 0 aromatic carbocycles. The van der Waals surface area contributed by atoms with Crippen LogP contribution in [0.15, 0.2) is 12.3 Å². The first-order chi connectivity index (χ1) is 6.06. The quantitative estimate of drug-likeness (QED) is 0.718. The van der Waals surface area contributed by atoms with Gasteiger partial charge in [-0.1, -0.05) is 13.5 Å². The second-order valence-electron chi connectivity index (χ2n) is 4.40. The van der Waals surface area contributed by atoms with Crippen molar-refractivity contribution in [2.45, 2.75) is 39.2 Å². The van der Waals surface area contributed by atoms with Crippen molar-refractivity contribution in [3.63, 3.8) is 0 Å². The lowest BCUT2D eigenvalue weighted by Crippen LogP contribution is -2.50. The number of allylic oxidation sites excluding steroid dienone is 1. The summed E-state index contributed by atoms with van der Waals surface area (Å²) in [6.45, 7) is 14.1. The van der Waals surface area contributed by atoms with E-state index in [9.17, 15) is 0 Å². The number of rotatable bonds is 3. The van der Waals surface area contributed by atoms with Crippen LogP contribution in [0.3, 0.4) is 0 Å². The number of likely N-dealkylation sites (tertiary alicyclic amines) is 1. The topological polar surface area (TPSA) is 15.3 Å². The maximum Gasteiger partial charge on any atom is 0.0366 e. The molecule has 0 radical (unpaired) electrons. The van der Waals surface area contributed by atoms with Crippen molar-refractivity contribution < 1.29 is 0 Å². The van der Waals surface area contributed by atoms with Crippen LogP contribution in [0, 0.1) is 0 Å². The van der Waals surface area contributed by atoms with E-state index in [-0.39, 0.29) is 5.54 Å². The van der Waals surface area contributed by atoms with Crippen molar-refractivity contribution in [3.8, 4) is 0 Å². The van der Waals surface area contributed by atoms with Crippen LogP contribution in [0.25, 0.3) is 0 Å². The van der Waals surface area contributed by atoms with Crippen LogP contribution >= 0.6 is 0 Å². The summed E-state index contributed by atoms with van der Waals surface area (Å²) in [5.41, 5.74) is 1.38. The van der Waals surface area contributed by atoms with Crippen LogP contribution in [0.2, 0.25) is 0 Å². The van der Waals surface area contributed by atoms with Gasteiger partial charge >= 0.3 is 0 Å². The zero-order valence-electron chi connectivity index (χ0n) is 9.19. The molecular formula is C11H22N2. The normalized spacial score (nSPS) is 22.7. The van der Waals surface area contributed by atoms with E-state index in [1.165, 1.54) is 32.5 Å². The summed E-state index contributed by atoms with van der Waals surface area (Å²) in [6.07, 6.45) is 2.46. The maximum absolute atomic E-state index is 3.91. The average Bonchev–Trinajstić information content (AvgIpc) is 2.04. The molecule has 1 saturated heterocycles. The average molecular weight is 182 g/mol. The minimum atomic E-state index is 0.289. The Morgan fingerprint density at radius 1 is 1.46 bits per heavy atom. The van der Waals surface area contributed by atoms with Gasteiger partial charge < -0.3 is 10.2 Å². The second kappa shape index (κ2) is 4.14. The molecule has 0 aromatic rings. The Morgan fingerprint density at radius 2 is 2.00 bits per heavy atom. The van der Waals surface area contributed by atoms with Gasteiger partial charge in [0.15, 0.2) is 0 Å². The molecule has 1 aliphatic heterocycles. The van der Waals surface area contributed by atoms with Gasteiger partial charge in [0.25, 0.3) is 0 Å². The fraction of sp³-hybridized carbons (Fsp3) is 0.818. The van der Waals surface area contributed by atoms with Gasteiger partial charge in [-0.3, -0.25) is 0 Å². The summed E-state index contributed by atoms with van der Waals surface area (Å²) in [5.74, 6) is 0. The molecule has 0 amide bonds. The lowest BCUT2D eigenvalue weighted by molar-refractivity contribution is 0.160. The highest BCUT2D eigenvalue weighted by Gasteiger charge is 2.28. The van der Waals surface area contributed by atoms with Crippen LogP contribution in [0.4, 0.5) is 0 Å². The predicted molar refractivity (Wildman–Crippen MR) is 57.7 cm³/mol. The zero-order valence-corrected chi connectivity index (χ0v) is 9.19. The molecule has 0 unspecified atom stereocenters. The molecule has 13 heavy (non-hydrogen) atoms. The third kappa shape index (κ3) is 3.03. The van der Waals surface area contributed by atoms with Gasteiger partial charge in [-0.15, -0.1) is 0 Å². The fourth-order valence-corrected chi connectivity index (χ4v) is 2.00. The number of hydrogen-bond donors (Lipinski definition) is 1. The highest BCUT2D eigenvalue weighted by Crippen LogP contribution is 2.22. The van der Waals surface area contributed by atoms with Crippen molar-refractivity contribution in [1.82, 2.24) is 10.2 Å². The van der Waals surface area contributed by atoms with E-state index in [4.69, 9.17) is 0 Å². The Bertz CT molecular complexity index is 179. The van der Waals surface area contributed by atoms with E-state index >= 15 is 0 Å². The molecule has 0 spiro atoms. The molecular weight excluding hydrogens is 160 g/mol. The predicted octanol–water partition coefficient (Wildman–Crippen LogP) is 1.98. The molecule has 1 rings (SSSR count). The number of hydrogen-bond acceptors (Lipinski definition) is 2. The van der Waals surface area contributed by atoms with Gasteiger partial charge in [-0.2, -0.15) is 0 Å². The second-order valence-corrected chi connectivity index (χ2v) is 4.40. The van der Waals surface area contributed by atoms with Crippen LogP contribution in [0.5, 0.6) is 0 Å². The van der Waals surface area contributed by atoms with Gasteiger partial charge in [-0.05, 0) is 33.2 Å². The van der Waals surface area contributed by atoms with Crippen molar-refractivity contribution in [1.29, 1.82) is 0 Å². The van der Waals surface area contributed by atoms with Gasteiger partial charge in [0.2, 0.25) is 0 Å². The Labute approximate surface area is 82.0 Å². The summed E-state index contributed by atoms with van der Waals surface area (Å²) in [7, 11) is 0. The lowest BCUT2D eigenvalue weighted by atomic mass is 9.89. The highest BCUT2D eigenvalue weighted by molar-refractivity contribution is 4.98. The van der Waals surface area contributed by atoms with Gasteiger partial charge in [0, 0.05) is 24.3 Å². The molecule has 0 atom stereocenters. The molecule has 0 aromatic heterocycles. The molecule has 1 fully saturated rings. The van der Waals surface area contributed by atoms with E-state index in [0.29, 0.717) is 0 Å². The van der Waals surface area contributed by atoms with E-state index in [0.717, 1.165) is 5.70 Å². The molecule has 2 nitrogen and oxygen atoms in total. The first-order valence-corrected chi connectivity index (χ1v) is 5.22. The van der Waals surface area contributed by atoms with E-state index < -0.39 is 0 Å². The smallest absolute Gasteiger partial charge is 0.0366 e. The van der Waals surface area contributed by atoms with E-state index in [2.05, 4.69) is 30.6 Å². The summed E-state index contributed by atoms with van der Waals surface area (Å²) < 4.78 is 0. The Balaban J connectivity index is 2.41. The van der Waals surface area contributed by atoms with Crippen LogP contribution < -0.4 is 5.32 Å². The number of nitrogens with zero attached hydrogens (tertiary/aromatic N) is 1. The summed E-state index contributed by atoms with van der Waals surface area (Å²) in [5, 5.41) is 3.48. The standard InChI is InChI=1S/C11H22N2/c1-5-13-8-6-11(4,7-9-13)12-10(2)3/h12H,2,5-9H2,1,3-4H3. The van der Waals surface area contributed by atoms with E-state index in [1.54, 1.807) is 0 Å². The molecule has 1 heterocycles. The van der Waals surface area contributed by atoms with Gasteiger partial charge in [-0.25, -0.2) is 0 Å². The maximum atomic E-state index is 3.91. The number of piperidine rings is 1. The van der Waals surface area contributed by atoms with Crippen LogP contribution in [-0.2, 0) is 0 Å². The van der Waals surface area contributed by atoms with Crippen molar-refractivity contribution >= 4 is 0 Å². The third-order valence-corrected chi connectivity index (χ3v) is 2.92. The minimum Gasteiger partial charge on any atom is -0.384 e. The van der Waals surface area contributed by atoms with Crippen LogP contribution in [0.1, 0.15) is 33.6 Å². The first kappa shape index (κ1) is 10.6. The molecule has 0 aliphatic carbocycles. The number of nitrogens with one attached hydrogen (secondary N) is 1. The lowest BCUT2D eigenvalue weighted by Gasteiger charge is -2.40. The van der Waals surface area contributed by atoms with Crippen molar-refractivity contribution in [2.75, 3.05) is 19.6 Å². The fourth-order valence-electron chi connectivity index (χ4n) is 2.00. The summed E-state index contributed by atoms with van der Waals surface area (Å²) >= 11 is 0. The van der Waals surface area contributed by atoms with E-state index in [1.807, 2.05) is 6.92 Å². The zero-order chi connectivity index (χ0) is 9.90. The first-order valence-electron chi connectivity index (χ1n) is 5.22. The highest BCUT2D eigenvalue weighted by atomic mass is 15.1. The monoisotopic (exact) mass is 182 g/mol. The molecule has 1 aliphatic rings. The van der Waals surface area contributed by atoms with Gasteiger partial charge in [0.05, 0.1) is 0 Å². The largest absolute Gasteiger partial charge is 0.384 e. The Kier molecular flexibility index (Phi) is 3.37. The molecule has 0 saturated carbocycles. The molecule has 0 bridgehead atoms. The van der Waals surface area contributed by atoms with Crippen molar-refractivity contribution in [3.05, 3.63) is 12.3 Å². The summed E-state index contributed by atoms with van der Waals surface area (Å²) in [4.78, 5) is 2.50. The summed E-state index contributed by atoms with van der Waals surface area (Å²) in [6, 6.07) is 0. The molecule has 1 N–H and O–H groups in total. The Hall–Kier alpha value is -0.500. The van der Waals surface area contributed by atoms with Gasteiger partial charge in [0.1, 0.15) is 0 Å². The molecule has 76 valence electrons. The van der Waals surface area contributed by atoms with Crippen molar-refractivity contribution in [2.24, 2.45) is 0 Å². The third-order valence-electron chi connectivity index (χ3n) is 2.92. The van der Waals surface area contributed by atoms with Crippen LogP contribution in [-0.4, -0.2) is 30.1 Å².